The maximum Gasteiger partial charge on any atom is 0.126 e. The second-order valence-corrected chi connectivity index (χ2v) is 7.44. The van der Waals surface area contributed by atoms with E-state index in [0.717, 1.165) is 34.7 Å². The maximum atomic E-state index is 13.7. The second kappa shape index (κ2) is 8.17. The van der Waals surface area contributed by atoms with Gasteiger partial charge in [-0.3, -0.25) is 0 Å². The van der Waals surface area contributed by atoms with Gasteiger partial charge in [-0.15, -0.1) is 0 Å². The third kappa shape index (κ3) is 4.87. The Labute approximate surface area is 131 Å². The standard InChI is InChI=1S/C18H26BrF/c1-2-16-10-7-15(13-18(16)20)6-4-3-5-14-8-11-17(19)12-9-14/h7,10,13-14,17H,2-6,8-9,11-12H2,1H3. The Morgan fingerprint density at radius 3 is 2.55 bits per heavy atom. The van der Waals surface area contributed by atoms with E-state index in [0.29, 0.717) is 0 Å². The van der Waals surface area contributed by atoms with Crippen LogP contribution in [0.5, 0.6) is 0 Å². The van der Waals surface area contributed by atoms with Crippen molar-refractivity contribution in [1.29, 1.82) is 0 Å². The Balaban J connectivity index is 1.67. The van der Waals surface area contributed by atoms with Gasteiger partial charge in [0.2, 0.25) is 0 Å². The molecule has 0 heterocycles. The molecule has 0 aliphatic heterocycles. The van der Waals surface area contributed by atoms with Crippen LogP contribution in [0, 0.1) is 11.7 Å². The molecular formula is C18H26BrF. The van der Waals surface area contributed by atoms with E-state index in [2.05, 4.69) is 22.0 Å². The summed E-state index contributed by atoms with van der Waals surface area (Å²) < 4.78 is 13.7. The van der Waals surface area contributed by atoms with Crippen LogP contribution in [0.4, 0.5) is 4.39 Å². The second-order valence-electron chi connectivity index (χ2n) is 6.14. The van der Waals surface area contributed by atoms with Crippen molar-refractivity contribution in [3.05, 3.63) is 35.1 Å². The van der Waals surface area contributed by atoms with Crippen molar-refractivity contribution in [1.82, 2.24) is 0 Å². The first kappa shape index (κ1) is 16.0. The Morgan fingerprint density at radius 2 is 1.90 bits per heavy atom. The molecule has 0 nitrogen and oxygen atoms in total. The number of benzene rings is 1. The van der Waals surface area contributed by atoms with Gasteiger partial charge in [0.1, 0.15) is 5.82 Å². The molecule has 1 aromatic carbocycles. The zero-order valence-corrected chi connectivity index (χ0v) is 14.1. The number of halogens is 2. The van der Waals surface area contributed by atoms with Crippen molar-refractivity contribution in [3.63, 3.8) is 0 Å². The molecule has 1 saturated carbocycles. The summed E-state index contributed by atoms with van der Waals surface area (Å²) in [6.45, 7) is 2.00. The van der Waals surface area contributed by atoms with E-state index in [4.69, 9.17) is 0 Å². The lowest BCUT2D eigenvalue weighted by Gasteiger charge is -2.25. The number of unbranched alkanes of at least 4 members (excludes halogenated alkanes) is 1. The fourth-order valence-corrected chi connectivity index (χ4v) is 3.73. The summed E-state index contributed by atoms with van der Waals surface area (Å²) in [6.07, 6.45) is 11.1. The van der Waals surface area contributed by atoms with Crippen LogP contribution in [0.1, 0.15) is 63.0 Å². The fraction of sp³-hybridized carbons (Fsp3) is 0.667. The highest BCUT2D eigenvalue weighted by atomic mass is 79.9. The van der Waals surface area contributed by atoms with Gasteiger partial charge in [-0.1, -0.05) is 47.8 Å². The molecule has 0 spiro atoms. The molecule has 0 amide bonds. The van der Waals surface area contributed by atoms with Crippen molar-refractivity contribution < 1.29 is 4.39 Å². The van der Waals surface area contributed by atoms with Gasteiger partial charge < -0.3 is 0 Å². The van der Waals surface area contributed by atoms with E-state index in [1.54, 1.807) is 6.07 Å². The predicted octanol–water partition coefficient (Wildman–Crippen LogP) is 6.05. The van der Waals surface area contributed by atoms with Crippen LogP contribution in [-0.2, 0) is 12.8 Å². The monoisotopic (exact) mass is 340 g/mol. The minimum atomic E-state index is -0.0272. The molecule has 20 heavy (non-hydrogen) atoms. The third-order valence-corrected chi connectivity index (χ3v) is 5.52. The van der Waals surface area contributed by atoms with Crippen LogP contribution in [0.25, 0.3) is 0 Å². The minimum Gasteiger partial charge on any atom is -0.207 e. The van der Waals surface area contributed by atoms with Crippen LogP contribution >= 0.6 is 15.9 Å². The van der Waals surface area contributed by atoms with Crippen LogP contribution in [0.2, 0.25) is 0 Å². The van der Waals surface area contributed by atoms with E-state index >= 15 is 0 Å². The summed E-state index contributed by atoms with van der Waals surface area (Å²) in [5.74, 6) is 0.906. The van der Waals surface area contributed by atoms with Crippen molar-refractivity contribution in [2.24, 2.45) is 5.92 Å². The topological polar surface area (TPSA) is 0 Å². The average Bonchev–Trinajstić information content (AvgIpc) is 2.46. The van der Waals surface area contributed by atoms with E-state index in [9.17, 15) is 4.39 Å². The smallest absolute Gasteiger partial charge is 0.126 e. The van der Waals surface area contributed by atoms with Crippen molar-refractivity contribution in [3.8, 4) is 0 Å². The van der Waals surface area contributed by atoms with Gasteiger partial charge in [0.15, 0.2) is 0 Å². The minimum absolute atomic E-state index is 0.0272. The zero-order chi connectivity index (χ0) is 14.4. The SMILES string of the molecule is CCc1ccc(CCCCC2CCC(Br)CC2)cc1F. The van der Waals surface area contributed by atoms with Gasteiger partial charge in [-0.05, 0) is 68.1 Å². The van der Waals surface area contributed by atoms with Crippen molar-refractivity contribution >= 4 is 15.9 Å². The lowest BCUT2D eigenvalue weighted by molar-refractivity contribution is 0.338. The van der Waals surface area contributed by atoms with Gasteiger partial charge in [0.25, 0.3) is 0 Å². The maximum absolute atomic E-state index is 13.7. The van der Waals surface area contributed by atoms with Crippen LogP contribution in [0.15, 0.2) is 18.2 Å². The van der Waals surface area contributed by atoms with Gasteiger partial charge >= 0.3 is 0 Å². The number of alkyl halides is 1. The average molecular weight is 341 g/mol. The Morgan fingerprint density at radius 1 is 1.15 bits per heavy atom. The summed E-state index contributed by atoms with van der Waals surface area (Å²) in [7, 11) is 0. The Bertz CT molecular complexity index is 408. The molecule has 0 saturated heterocycles. The Kier molecular flexibility index (Phi) is 6.54. The quantitative estimate of drug-likeness (QED) is 0.436. The molecule has 1 aliphatic carbocycles. The first-order chi connectivity index (χ1) is 9.69. The van der Waals surface area contributed by atoms with E-state index in [1.165, 1.54) is 44.9 Å². The molecule has 2 rings (SSSR count). The molecule has 1 fully saturated rings. The number of hydrogen-bond donors (Lipinski definition) is 0. The lowest BCUT2D eigenvalue weighted by Crippen LogP contribution is -2.13. The molecule has 112 valence electrons. The first-order valence-corrected chi connectivity index (χ1v) is 9.02. The summed E-state index contributed by atoms with van der Waals surface area (Å²) in [4.78, 5) is 0.763. The first-order valence-electron chi connectivity index (χ1n) is 8.10. The summed E-state index contributed by atoms with van der Waals surface area (Å²) in [6, 6.07) is 5.77. The molecule has 0 N–H and O–H groups in total. The molecule has 1 aliphatic rings. The summed E-state index contributed by atoms with van der Waals surface area (Å²) >= 11 is 3.71. The normalized spacial score (nSPS) is 22.9. The highest BCUT2D eigenvalue weighted by Crippen LogP contribution is 2.31. The molecule has 0 atom stereocenters. The van der Waals surface area contributed by atoms with Gasteiger partial charge in [0, 0.05) is 4.83 Å². The highest BCUT2D eigenvalue weighted by molar-refractivity contribution is 9.09. The molecule has 0 unspecified atom stereocenters. The summed E-state index contributed by atoms with van der Waals surface area (Å²) in [5.41, 5.74) is 1.99. The van der Waals surface area contributed by atoms with Crippen LogP contribution in [-0.4, -0.2) is 4.83 Å². The van der Waals surface area contributed by atoms with Crippen molar-refractivity contribution in [2.45, 2.75) is 69.5 Å². The van der Waals surface area contributed by atoms with Crippen LogP contribution < -0.4 is 0 Å². The number of aryl methyl sites for hydroxylation is 2. The molecule has 1 aromatic rings. The van der Waals surface area contributed by atoms with E-state index < -0.39 is 0 Å². The van der Waals surface area contributed by atoms with Crippen LogP contribution in [0.3, 0.4) is 0 Å². The zero-order valence-electron chi connectivity index (χ0n) is 12.5. The Hall–Kier alpha value is -0.370. The molecule has 0 aromatic heterocycles. The fourth-order valence-electron chi connectivity index (χ4n) is 3.21. The highest BCUT2D eigenvalue weighted by Gasteiger charge is 2.18. The summed E-state index contributed by atoms with van der Waals surface area (Å²) in [5, 5.41) is 0. The van der Waals surface area contributed by atoms with Crippen molar-refractivity contribution in [2.75, 3.05) is 0 Å². The molecule has 2 heteroatoms. The largest absolute Gasteiger partial charge is 0.207 e. The third-order valence-electron chi connectivity index (χ3n) is 4.60. The van der Waals surface area contributed by atoms with Gasteiger partial charge in [-0.2, -0.15) is 0 Å². The van der Waals surface area contributed by atoms with E-state index in [-0.39, 0.29) is 5.82 Å². The van der Waals surface area contributed by atoms with Gasteiger partial charge in [-0.25, -0.2) is 4.39 Å². The predicted molar refractivity (Wildman–Crippen MR) is 88.0 cm³/mol. The van der Waals surface area contributed by atoms with E-state index in [1.807, 2.05) is 13.0 Å². The number of hydrogen-bond acceptors (Lipinski definition) is 0. The van der Waals surface area contributed by atoms with Gasteiger partial charge in [0.05, 0.1) is 0 Å². The molecule has 0 radical (unpaired) electrons. The number of rotatable bonds is 6. The molecular weight excluding hydrogens is 315 g/mol. The molecule has 0 bridgehead atoms. The lowest BCUT2D eigenvalue weighted by atomic mass is 9.85.